The lowest BCUT2D eigenvalue weighted by Gasteiger charge is -2.11. The minimum Gasteiger partial charge on any atom is -0.356 e. The molecule has 2 rings (SSSR count). The summed E-state index contributed by atoms with van der Waals surface area (Å²) >= 11 is 0. The predicted octanol–water partition coefficient (Wildman–Crippen LogP) is 2.11. The minimum absolute atomic E-state index is 0.621. The maximum absolute atomic E-state index is 4.24. The van der Waals surface area contributed by atoms with Crippen LogP contribution in [-0.2, 0) is 6.42 Å². The molecular formula is C15H23N3. The number of nitrogens with one attached hydrogen (secondary N) is 2. The SMILES string of the molecule is CN=C(NCCc1ccc(C)cc1)NC1CC1C. The maximum atomic E-state index is 4.24. The lowest BCUT2D eigenvalue weighted by molar-refractivity contribution is 0.758. The number of aryl methyl sites for hydroxylation is 1. The lowest BCUT2D eigenvalue weighted by Crippen LogP contribution is -2.39. The summed E-state index contributed by atoms with van der Waals surface area (Å²) in [5.41, 5.74) is 2.68. The maximum Gasteiger partial charge on any atom is 0.191 e. The highest BCUT2D eigenvalue weighted by molar-refractivity contribution is 5.80. The molecule has 0 radical (unpaired) electrons. The topological polar surface area (TPSA) is 36.4 Å². The molecule has 0 aliphatic heterocycles. The van der Waals surface area contributed by atoms with Crippen LogP contribution in [-0.4, -0.2) is 25.6 Å². The molecule has 1 aliphatic carbocycles. The van der Waals surface area contributed by atoms with Gasteiger partial charge in [0.2, 0.25) is 0 Å². The van der Waals surface area contributed by atoms with Gasteiger partial charge in [-0.3, -0.25) is 4.99 Å². The molecule has 2 unspecified atom stereocenters. The highest BCUT2D eigenvalue weighted by atomic mass is 15.2. The third-order valence-corrected chi connectivity index (χ3v) is 3.48. The largest absolute Gasteiger partial charge is 0.356 e. The highest BCUT2D eigenvalue weighted by Crippen LogP contribution is 2.28. The lowest BCUT2D eigenvalue weighted by atomic mass is 10.1. The van der Waals surface area contributed by atoms with Crippen LogP contribution >= 0.6 is 0 Å². The fourth-order valence-corrected chi connectivity index (χ4v) is 1.97. The first-order chi connectivity index (χ1) is 8.69. The molecule has 1 saturated carbocycles. The number of benzene rings is 1. The van der Waals surface area contributed by atoms with Gasteiger partial charge in [0.25, 0.3) is 0 Å². The van der Waals surface area contributed by atoms with Gasteiger partial charge < -0.3 is 10.6 Å². The van der Waals surface area contributed by atoms with Crippen LogP contribution < -0.4 is 10.6 Å². The first-order valence-electron chi connectivity index (χ1n) is 6.72. The van der Waals surface area contributed by atoms with Crippen molar-refractivity contribution in [2.45, 2.75) is 32.7 Å². The second kappa shape index (κ2) is 5.89. The van der Waals surface area contributed by atoms with E-state index in [1.807, 2.05) is 7.05 Å². The molecule has 3 nitrogen and oxygen atoms in total. The number of rotatable bonds is 4. The van der Waals surface area contributed by atoms with E-state index >= 15 is 0 Å². The Morgan fingerprint density at radius 3 is 2.56 bits per heavy atom. The van der Waals surface area contributed by atoms with Crippen molar-refractivity contribution in [2.24, 2.45) is 10.9 Å². The fourth-order valence-electron chi connectivity index (χ4n) is 1.97. The van der Waals surface area contributed by atoms with Gasteiger partial charge in [-0.25, -0.2) is 0 Å². The zero-order chi connectivity index (χ0) is 13.0. The number of aliphatic imine (C=N–C) groups is 1. The molecule has 0 heterocycles. The molecule has 18 heavy (non-hydrogen) atoms. The van der Waals surface area contributed by atoms with E-state index in [0.29, 0.717) is 6.04 Å². The Bertz CT molecular complexity index is 408. The molecule has 1 aromatic rings. The molecule has 3 heteroatoms. The van der Waals surface area contributed by atoms with Crippen molar-refractivity contribution in [1.82, 2.24) is 10.6 Å². The third-order valence-electron chi connectivity index (χ3n) is 3.48. The molecular weight excluding hydrogens is 222 g/mol. The standard InChI is InChI=1S/C15H23N3/c1-11-4-6-13(7-5-11)8-9-17-15(16-3)18-14-10-12(14)2/h4-7,12,14H,8-10H2,1-3H3,(H2,16,17,18). The van der Waals surface area contributed by atoms with E-state index in [2.05, 4.69) is 53.7 Å². The number of guanidine groups is 1. The second-order valence-corrected chi connectivity index (χ2v) is 5.20. The smallest absolute Gasteiger partial charge is 0.191 e. The van der Waals surface area contributed by atoms with E-state index in [4.69, 9.17) is 0 Å². The van der Waals surface area contributed by atoms with Crippen molar-refractivity contribution >= 4 is 5.96 Å². The number of hydrogen-bond donors (Lipinski definition) is 2. The van der Waals surface area contributed by atoms with Crippen molar-refractivity contribution in [2.75, 3.05) is 13.6 Å². The molecule has 2 N–H and O–H groups in total. The summed E-state index contributed by atoms with van der Waals surface area (Å²) in [6, 6.07) is 9.32. The zero-order valence-electron chi connectivity index (χ0n) is 11.5. The van der Waals surface area contributed by atoms with E-state index in [0.717, 1.165) is 24.8 Å². The molecule has 1 aromatic carbocycles. The molecule has 0 bridgehead atoms. The predicted molar refractivity (Wildman–Crippen MR) is 76.9 cm³/mol. The Kier molecular flexibility index (Phi) is 4.24. The van der Waals surface area contributed by atoms with E-state index < -0.39 is 0 Å². The Morgan fingerprint density at radius 2 is 2.00 bits per heavy atom. The van der Waals surface area contributed by atoms with Crippen molar-refractivity contribution in [3.8, 4) is 0 Å². The van der Waals surface area contributed by atoms with Crippen LogP contribution in [0.3, 0.4) is 0 Å². The van der Waals surface area contributed by atoms with E-state index in [-0.39, 0.29) is 0 Å². The van der Waals surface area contributed by atoms with Crippen LogP contribution in [0.1, 0.15) is 24.5 Å². The normalized spacial score (nSPS) is 22.7. The van der Waals surface area contributed by atoms with E-state index in [1.54, 1.807) is 0 Å². The third kappa shape index (κ3) is 3.76. The summed E-state index contributed by atoms with van der Waals surface area (Å²) < 4.78 is 0. The van der Waals surface area contributed by atoms with Crippen molar-refractivity contribution in [3.05, 3.63) is 35.4 Å². The van der Waals surface area contributed by atoms with Gasteiger partial charge in [0.05, 0.1) is 0 Å². The van der Waals surface area contributed by atoms with Gasteiger partial charge in [-0.1, -0.05) is 36.8 Å². The second-order valence-electron chi connectivity index (χ2n) is 5.20. The molecule has 0 aromatic heterocycles. The highest BCUT2D eigenvalue weighted by Gasteiger charge is 2.33. The first kappa shape index (κ1) is 12.9. The van der Waals surface area contributed by atoms with Crippen molar-refractivity contribution in [1.29, 1.82) is 0 Å². The van der Waals surface area contributed by atoms with E-state index in [9.17, 15) is 0 Å². The summed E-state index contributed by atoms with van der Waals surface area (Å²) in [5.74, 6) is 1.72. The average molecular weight is 245 g/mol. The van der Waals surface area contributed by atoms with Gasteiger partial charge in [0.15, 0.2) is 5.96 Å². The van der Waals surface area contributed by atoms with Crippen molar-refractivity contribution in [3.63, 3.8) is 0 Å². The summed E-state index contributed by atoms with van der Waals surface area (Å²) in [6.45, 7) is 5.30. The molecule has 2 atom stereocenters. The van der Waals surface area contributed by atoms with Crippen LogP contribution in [0.4, 0.5) is 0 Å². The zero-order valence-corrected chi connectivity index (χ0v) is 11.5. The van der Waals surface area contributed by atoms with Gasteiger partial charge in [-0.2, -0.15) is 0 Å². The number of hydrogen-bond acceptors (Lipinski definition) is 1. The van der Waals surface area contributed by atoms with Crippen LogP contribution in [0, 0.1) is 12.8 Å². The Labute approximate surface area is 110 Å². The molecule has 0 amide bonds. The summed E-state index contributed by atoms with van der Waals surface area (Å²) in [6.07, 6.45) is 2.29. The van der Waals surface area contributed by atoms with Gasteiger partial charge in [0, 0.05) is 19.6 Å². The molecule has 1 fully saturated rings. The van der Waals surface area contributed by atoms with Gasteiger partial charge >= 0.3 is 0 Å². The van der Waals surface area contributed by atoms with Crippen molar-refractivity contribution < 1.29 is 0 Å². The Hall–Kier alpha value is -1.51. The molecule has 0 spiro atoms. The Morgan fingerprint density at radius 1 is 1.33 bits per heavy atom. The van der Waals surface area contributed by atoms with Crippen LogP contribution in [0.5, 0.6) is 0 Å². The van der Waals surface area contributed by atoms with Gasteiger partial charge in [0.1, 0.15) is 0 Å². The number of nitrogens with zero attached hydrogens (tertiary/aromatic N) is 1. The first-order valence-corrected chi connectivity index (χ1v) is 6.72. The van der Waals surface area contributed by atoms with Gasteiger partial charge in [-0.15, -0.1) is 0 Å². The molecule has 1 aliphatic rings. The van der Waals surface area contributed by atoms with Crippen LogP contribution in [0.25, 0.3) is 0 Å². The molecule has 0 saturated heterocycles. The van der Waals surface area contributed by atoms with Crippen LogP contribution in [0.15, 0.2) is 29.3 Å². The minimum atomic E-state index is 0.621. The van der Waals surface area contributed by atoms with E-state index in [1.165, 1.54) is 17.5 Å². The summed E-state index contributed by atoms with van der Waals surface area (Å²) in [5, 5.41) is 6.79. The average Bonchev–Trinajstić information content (AvgIpc) is 3.06. The fraction of sp³-hybridized carbons (Fsp3) is 0.533. The van der Waals surface area contributed by atoms with Gasteiger partial charge in [-0.05, 0) is 31.2 Å². The summed E-state index contributed by atoms with van der Waals surface area (Å²) in [4.78, 5) is 4.24. The molecule has 98 valence electrons. The quantitative estimate of drug-likeness (QED) is 0.629. The Balaban J connectivity index is 1.72. The summed E-state index contributed by atoms with van der Waals surface area (Å²) in [7, 11) is 1.83. The van der Waals surface area contributed by atoms with Crippen LogP contribution in [0.2, 0.25) is 0 Å². The monoisotopic (exact) mass is 245 g/mol.